The van der Waals surface area contributed by atoms with Crippen molar-refractivity contribution in [3.05, 3.63) is 54.4 Å². The minimum atomic E-state index is -4.69. The van der Waals surface area contributed by atoms with Crippen molar-refractivity contribution in [2.45, 2.75) is 12.8 Å². The fourth-order valence-electron chi connectivity index (χ4n) is 2.26. The van der Waals surface area contributed by atoms with Gasteiger partial charge in [0.05, 0.1) is 0 Å². The first-order valence-electron chi connectivity index (χ1n) is 7.62. The average Bonchev–Trinajstić information content (AvgIpc) is 3.09. The van der Waals surface area contributed by atoms with Crippen molar-refractivity contribution in [3.63, 3.8) is 0 Å². The molecule has 1 aromatic carbocycles. The summed E-state index contributed by atoms with van der Waals surface area (Å²) in [6, 6.07) is 9.17. The van der Waals surface area contributed by atoms with E-state index in [1.165, 1.54) is 12.1 Å². The highest BCUT2D eigenvalue weighted by atomic mass is 19.4. The fraction of sp³-hybridized carbons (Fsp3) is 0.188. The number of hydrogen-bond donors (Lipinski definition) is 2. The molecule has 3 N–H and O–H groups in total. The number of nitrogens with zero attached hydrogens (tertiary/aromatic N) is 4. The second kappa shape index (κ2) is 7.30. The molecule has 136 valence electrons. The van der Waals surface area contributed by atoms with Gasteiger partial charge in [0.1, 0.15) is 11.6 Å². The molecule has 0 aliphatic carbocycles. The topological polar surface area (TPSA) is 90.9 Å². The monoisotopic (exact) mass is 364 g/mol. The molecule has 0 saturated carbocycles. The maximum Gasteiger partial charge on any atom is 0.573 e. The number of ether oxygens (including phenoxy) is 1. The number of aromatic nitrogens is 4. The van der Waals surface area contributed by atoms with Crippen LogP contribution in [0.15, 0.2) is 48.8 Å². The maximum absolute atomic E-state index is 12.1. The summed E-state index contributed by atoms with van der Waals surface area (Å²) >= 11 is 0. The van der Waals surface area contributed by atoms with Gasteiger partial charge < -0.3 is 15.8 Å². The molecule has 0 saturated heterocycles. The van der Waals surface area contributed by atoms with Gasteiger partial charge in [0, 0.05) is 25.0 Å². The molecule has 26 heavy (non-hydrogen) atoms. The lowest BCUT2D eigenvalue weighted by molar-refractivity contribution is -0.274. The molecule has 10 heteroatoms. The molecule has 0 aliphatic heterocycles. The van der Waals surface area contributed by atoms with Crippen LogP contribution in [0.25, 0.3) is 5.82 Å². The lowest BCUT2D eigenvalue weighted by Gasteiger charge is -2.10. The third-order valence-electron chi connectivity index (χ3n) is 3.35. The Morgan fingerprint density at radius 3 is 2.58 bits per heavy atom. The van der Waals surface area contributed by atoms with E-state index in [9.17, 15) is 13.2 Å². The van der Waals surface area contributed by atoms with Crippen molar-refractivity contribution in [2.75, 3.05) is 17.6 Å². The van der Waals surface area contributed by atoms with Gasteiger partial charge in [-0.3, -0.25) is 0 Å². The Morgan fingerprint density at radius 2 is 1.92 bits per heavy atom. The van der Waals surface area contributed by atoms with E-state index in [1.54, 1.807) is 41.3 Å². The van der Waals surface area contributed by atoms with E-state index >= 15 is 0 Å². The Hall–Kier alpha value is -3.30. The highest BCUT2D eigenvalue weighted by Gasteiger charge is 2.30. The molecule has 0 radical (unpaired) electrons. The van der Waals surface area contributed by atoms with Crippen LogP contribution in [0.3, 0.4) is 0 Å². The third kappa shape index (κ3) is 4.85. The highest BCUT2D eigenvalue weighted by molar-refractivity contribution is 5.45. The first kappa shape index (κ1) is 17.5. The van der Waals surface area contributed by atoms with Gasteiger partial charge in [-0.05, 0) is 30.2 Å². The molecule has 0 atom stereocenters. The Labute approximate surface area is 146 Å². The smallest absolute Gasteiger partial charge is 0.406 e. The van der Waals surface area contributed by atoms with E-state index in [1.807, 2.05) is 0 Å². The van der Waals surface area contributed by atoms with Crippen LogP contribution in [0.5, 0.6) is 5.75 Å². The van der Waals surface area contributed by atoms with Crippen LogP contribution in [0.4, 0.5) is 24.9 Å². The normalized spacial score (nSPS) is 11.3. The fourth-order valence-corrected chi connectivity index (χ4v) is 2.26. The summed E-state index contributed by atoms with van der Waals surface area (Å²) in [6.45, 7) is 0.508. The molecule has 7 nitrogen and oxygen atoms in total. The molecular weight excluding hydrogens is 349 g/mol. The molecule has 0 bridgehead atoms. The summed E-state index contributed by atoms with van der Waals surface area (Å²) < 4.78 is 41.8. The number of rotatable bonds is 6. The summed E-state index contributed by atoms with van der Waals surface area (Å²) in [6.07, 6.45) is -0.761. The number of alkyl halides is 3. The molecule has 2 heterocycles. The summed E-state index contributed by atoms with van der Waals surface area (Å²) in [5, 5.41) is 7.19. The standard InChI is InChI=1S/C16H15F3N6O/c17-16(18,19)26-12-4-2-11(3-5-12)6-8-21-13-10-14(24-15(20)23-13)25-9-1-7-22-25/h1-5,7,9-10H,6,8H2,(H3,20,21,23,24). The van der Waals surface area contributed by atoms with E-state index in [4.69, 9.17) is 5.73 Å². The Bertz CT molecular complexity index is 849. The van der Waals surface area contributed by atoms with Crippen molar-refractivity contribution < 1.29 is 17.9 Å². The van der Waals surface area contributed by atoms with Crippen LogP contribution in [0, 0.1) is 0 Å². The van der Waals surface area contributed by atoms with E-state index in [2.05, 4.69) is 25.1 Å². The zero-order valence-corrected chi connectivity index (χ0v) is 13.4. The minimum Gasteiger partial charge on any atom is -0.406 e. The molecule has 0 spiro atoms. The van der Waals surface area contributed by atoms with Gasteiger partial charge in [-0.1, -0.05) is 12.1 Å². The Kier molecular flexibility index (Phi) is 4.92. The second-order valence-electron chi connectivity index (χ2n) is 5.29. The number of nitrogens with two attached hydrogens (primary N) is 1. The van der Waals surface area contributed by atoms with Crippen molar-refractivity contribution in [1.29, 1.82) is 0 Å². The molecule has 3 aromatic rings. The number of hydrogen-bond acceptors (Lipinski definition) is 6. The van der Waals surface area contributed by atoms with E-state index < -0.39 is 6.36 Å². The number of benzene rings is 1. The van der Waals surface area contributed by atoms with Gasteiger partial charge in [0.25, 0.3) is 0 Å². The maximum atomic E-state index is 12.1. The molecule has 2 aromatic heterocycles. The summed E-state index contributed by atoms with van der Waals surface area (Å²) in [5.74, 6) is 0.912. The number of anilines is 2. The Balaban J connectivity index is 1.58. The van der Waals surface area contributed by atoms with E-state index in [0.29, 0.717) is 24.6 Å². The van der Waals surface area contributed by atoms with Crippen LogP contribution in [-0.2, 0) is 6.42 Å². The van der Waals surface area contributed by atoms with E-state index in [0.717, 1.165) is 5.56 Å². The van der Waals surface area contributed by atoms with Crippen LogP contribution in [0.1, 0.15) is 5.56 Å². The highest BCUT2D eigenvalue weighted by Crippen LogP contribution is 2.22. The molecular formula is C16H15F3N6O. The predicted octanol–water partition coefficient (Wildman–Crippen LogP) is 2.80. The third-order valence-corrected chi connectivity index (χ3v) is 3.35. The first-order chi connectivity index (χ1) is 12.4. The molecule has 0 fully saturated rings. The largest absolute Gasteiger partial charge is 0.573 e. The lowest BCUT2D eigenvalue weighted by atomic mass is 10.1. The summed E-state index contributed by atoms with van der Waals surface area (Å²) in [4.78, 5) is 8.20. The van der Waals surface area contributed by atoms with E-state index in [-0.39, 0.29) is 11.7 Å². The number of halogens is 3. The lowest BCUT2D eigenvalue weighted by Crippen LogP contribution is -2.17. The quantitative estimate of drug-likeness (QED) is 0.699. The SMILES string of the molecule is Nc1nc(NCCc2ccc(OC(F)(F)F)cc2)cc(-n2cccn2)n1. The van der Waals surface area contributed by atoms with Crippen molar-refractivity contribution in [3.8, 4) is 11.6 Å². The molecule has 0 amide bonds. The van der Waals surface area contributed by atoms with Crippen LogP contribution >= 0.6 is 0 Å². The van der Waals surface area contributed by atoms with Gasteiger partial charge in [-0.15, -0.1) is 13.2 Å². The van der Waals surface area contributed by atoms with Gasteiger partial charge in [-0.25, -0.2) is 4.68 Å². The molecule has 0 unspecified atom stereocenters. The summed E-state index contributed by atoms with van der Waals surface area (Å²) in [7, 11) is 0. The van der Waals surface area contributed by atoms with Gasteiger partial charge in [0.2, 0.25) is 5.95 Å². The molecule has 3 rings (SSSR count). The predicted molar refractivity (Wildman–Crippen MR) is 88.9 cm³/mol. The second-order valence-corrected chi connectivity index (χ2v) is 5.29. The van der Waals surface area contributed by atoms with Gasteiger partial charge in [-0.2, -0.15) is 15.1 Å². The zero-order chi connectivity index (χ0) is 18.6. The number of nitrogens with one attached hydrogen (secondary N) is 1. The molecule has 0 aliphatic rings. The van der Waals surface area contributed by atoms with Crippen LogP contribution < -0.4 is 15.8 Å². The van der Waals surface area contributed by atoms with Crippen LogP contribution in [0.2, 0.25) is 0 Å². The average molecular weight is 364 g/mol. The Morgan fingerprint density at radius 1 is 1.15 bits per heavy atom. The van der Waals surface area contributed by atoms with Gasteiger partial charge >= 0.3 is 6.36 Å². The van der Waals surface area contributed by atoms with Crippen molar-refractivity contribution >= 4 is 11.8 Å². The zero-order valence-electron chi connectivity index (χ0n) is 13.4. The van der Waals surface area contributed by atoms with Crippen molar-refractivity contribution in [2.24, 2.45) is 0 Å². The van der Waals surface area contributed by atoms with Crippen molar-refractivity contribution in [1.82, 2.24) is 19.7 Å². The van der Waals surface area contributed by atoms with Crippen LogP contribution in [-0.4, -0.2) is 32.7 Å². The minimum absolute atomic E-state index is 0.106. The van der Waals surface area contributed by atoms with Gasteiger partial charge in [0.15, 0.2) is 5.82 Å². The number of nitrogen functional groups attached to an aromatic ring is 1. The summed E-state index contributed by atoms with van der Waals surface area (Å²) in [5.41, 5.74) is 6.55. The first-order valence-corrected chi connectivity index (χ1v) is 7.62.